The first-order valence-electron chi connectivity index (χ1n) is 12.0. The molecular weight excluding hydrogens is 458 g/mol. The fourth-order valence-electron chi connectivity index (χ4n) is 5.17. The lowest BCUT2D eigenvalue weighted by atomic mass is 9.87. The number of hydrogen-bond donors (Lipinski definition) is 0. The van der Waals surface area contributed by atoms with Gasteiger partial charge in [0, 0.05) is 67.7 Å². The molecule has 2 heterocycles. The minimum atomic E-state index is -0.0699. The summed E-state index contributed by atoms with van der Waals surface area (Å²) in [5.74, 6) is 0.964. The molecular formula is C29H30ClN3O2. The Hall–Kier alpha value is -3.44. The van der Waals surface area contributed by atoms with Crippen molar-refractivity contribution in [3.8, 4) is 5.75 Å². The molecule has 1 amide bonds. The number of nitrogens with zero attached hydrogens (tertiary/aromatic N) is 3. The largest absolute Gasteiger partial charge is 0.495 e. The molecule has 0 bridgehead atoms. The molecule has 0 radical (unpaired) electrons. The number of aryl methyl sites for hydroxylation is 1. The standard InChI is InChI=1S/C29H30ClN3O2/c1-31-20-25(23-10-3-4-11-26(23)31)24(21-8-7-9-22(30)18-21)19-29(34)33-16-14-32(15-17-33)27-12-5-6-13-28(27)35-2/h3-13,18,20,24H,14-17,19H2,1-2H3. The summed E-state index contributed by atoms with van der Waals surface area (Å²) in [6.45, 7) is 2.94. The van der Waals surface area contributed by atoms with Crippen molar-refractivity contribution in [2.75, 3.05) is 38.2 Å². The molecule has 1 aromatic heterocycles. The van der Waals surface area contributed by atoms with Crippen molar-refractivity contribution < 1.29 is 9.53 Å². The fraction of sp³-hybridized carbons (Fsp3) is 0.276. The predicted octanol–water partition coefficient (Wildman–Crippen LogP) is 5.71. The first-order valence-corrected chi connectivity index (χ1v) is 12.4. The minimum absolute atomic E-state index is 0.0699. The normalized spacial score (nSPS) is 14.8. The van der Waals surface area contributed by atoms with Crippen LogP contribution in [-0.4, -0.2) is 48.7 Å². The SMILES string of the molecule is COc1ccccc1N1CCN(C(=O)CC(c2cccc(Cl)c2)c2cn(C)c3ccccc23)CC1. The third-order valence-corrected chi connectivity index (χ3v) is 7.23. The highest BCUT2D eigenvalue weighted by atomic mass is 35.5. The zero-order chi connectivity index (χ0) is 24.4. The van der Waals surface area contributed by atoms with Gasteiger partial charge in [-0.1, -0.05) is 54.1 Å². The van der Waals surface area contributed by atoms with Gasteiger partial charge in [-0.25, -0.2) is 0 Å². The molecule has 6 heteroatoms. The van der Waals surface area contributed by atoms with Crippen LogP contribution in [0.1, 0.15) is 23.5 Å². The highest BCUT2D eigenvalue weighted by Crippen LogP contribution is 2.36. The predicted molar refractivity (Wildman–Crippen MR) is 143 cm³/mol. The van der Waals surface area contributed by atoms with Crippen molar-refractivity contribution in [2.45, 2.75) is 12.3 Å². The Labute approximate surface area is 211 Å². The summed E-state index contributed by atoms with van der Waals surface area (Å²) in [7, 11) is 3.75. The highest BCUT2D eigenvalue weighted by Gasteiger charge is 2.28. The number of amides is 1. The lowest BCUT2D eigenvalue weighted by Gasteiger charge is -2.37. The Morgan fingerprint density at radius 2 is 1.71 bits per heavy atom. The second-order valence-corrected chi connectivity index (χ2v) is 9.50. The van der Waals surface area contributed by atoms with Crippen LogP contribution in [0.5, 0.6) is 5.75 Å². The van der Waals surface area contributed by atoms with Gasteiger partial charge in [0.05, 0.1) is 12.8 Å². The van der Waals surface area contributed by atoms with Crippen molar-refractivity contribution in [1.29, 1.82) is 0 Å². The van der Waals surface area contributed by atoms with Gasteiger partial charge in [0.2, 0.25) is 5.91 Å². The summed E-state index contributed by atoms with van der Waals surface area (Å²) in [4.78, 5) is 17.9. The zero-order valence-corrected chi connectivity index (χ0v) is 20.9. The van der Waals surface area contributed by atoms with Crippen LogP contribution in [0.15, 0.2) is 79.0 Å². The van der Waals surface area contributed by atoms with Crippen LogP contribution in [-0.2, 0) is 11.8 Å². The van der Waals surface area contributed by atoms with Crippen molar-refractivity contribution in [3.63, 3.8) is 0 Å². The monoisotopic (exact) mass is 487 g/mol. The van der Waals surface area contributed by atoms with E-state index in [1.165, 1.54) is 5.39 Å². The molecule has 0 aliphatic carbocycles. The lowest BCUT2D eigenvalue weighted by Crippen LogP contribution is -2.49. The molecule has 4 aromatic rings. The number of rotatable bonds is 6. The molecule has 5 rings (SSSR count). The molecule has 0 saturated carbocycles. The van der Waals surface area contributed by atoms with E-state index in [0.29, 0.717) is 24.5 Å². The smallest absolute Gasteiger partial charge is 0.223 e. The van der Waals surface area contributed by atoms with Gasteiger partial charge in [0.15, 0.2) is 0 Å². The number of para-hydroxylation sites is 3. The summed E-state index contributed by atoms with van der Waals surface area (Å²) in [6, 6.07) is 24.3. The number of carbonyl (C=O) groups excluding carboxylic acids is 1. The van der Waals surface area contributed by atoms with Crippen LogP contribution in [0.3, 0.4) is 0 Å². The highest BCUT2D eigenvalue weighted by molar-refractivity contribution is 6.30. The van der Waals surface area contributed by atoms with E-state index in [4.69, 9.17) is 16.3 Å². The fourth-order valence-corrected chi connectivity index (χ4v) is 5.37. The maximum Gasteiger partial charge on any atom is 0.223 e. The molecule has 1 aliphatic rings. The summed E-state index contributed by atoms with van der Waals surface area (Å²) < 4.78 is 7.67. The van der Waals surface area contributed by atoms with Crippen molar-refractivity contribution in [2.24, 2.45) is 7.05 Å². The third kappa shape index (κ3) is 4.73. The Morgan fingerprint density at radius 3 is 2.49 bits per heavy atom. The van der Waals surface area contributed by atoms with E-state index in [1.54, 1.807) is 7.11 Å². The molecule has 1 fully saturated rings. The van der Waals surface area contributed by atoms with Crippen LogP contribution in [0.4, 0.5) is 5.69 Å². The molecule has 1 atom stereocenters. The first kappa shape index (κ1) is 23.3. The minimum Gasteiger partial charge on any atom is -0.495 e. The molecule has 0 spiro atoms. The van der Waals surface area contributed by atoms with E-state index in [9.17, 15) is 4.79 Å². The molecule has 1 unspecified atom stereocenters. The van der Waals surface area contributed by atoms with Crippen LogP contribution < -0.4 is 9.64 Å². The quantitative estimate of drug-likeness (QED) is 0.349. The Bertz CT molecular complexity index is 1340. The molecule has 180 valence electrons. The van der Waals surface area contributed by atoms with Gasteiger partial charge in [-0.05, 0) is 41.5 Å². The number of halogens is 1. The van der Waals surface area contributed by atoms with Gasteiger partial charge in [0.1, 0.15) is 5.75 Å². The topological polar surface area (TPSA) is 37.7 Å². The van der Waals surface area contributed by atoms with Crippen LogP contribution >= 0.6 is 11.6 Å². The zero-order valence-electron chi connectivity index (χ0n) is 20.2. The second kappa shape index (κ2) is 10.0. The van der Waals surface area contributed by atoms with E-state index < -0.39 is 0 Å². The Morgan fingerprint density at radius 1 is 0.971 bits per heavy atom. The maximum absolute atomic E-state index is 13.6. The molecule has 0 N–H and O–H groups in total. The van der Waals surface area contributed by atoms with Gasteiger partial charge in [-0.2, -0.15) is 0 Å². The first-order chi connectivity index (χ1) is 17.0. The molecule has 3 aromatic carbocycles. The maximum atomic E-state index is 13.6. The van der Waals surface area contributed by atoms with Crippen molar-refractivity contribution in [1.82, 2.24) is 9.47 Å². The number of fused-ring (bicyclic) bond motifs is 1. The Balaban J connectivity index is 1.38. The van der Waals surface area contributed by atoms with Crippen molar-refractivity contribution >= 4 is 34.1 Å². The number of methoxy groups -OCH3 is 1. The van der Waals surface area contributed by atoms with E-state index in [1.807, 2.05) is 47.4 Å². The van der Waals surface area contributed by atoms with Crippen molar-refractivity contribution in [3.05, 3.63) is 95.1 Å². The van der Waals surface area contributed by atoms with E-state index >= 15 is 0 Å². The summed E-state index contributed by atoms with van der Waals surface area (Å²) in [5, 5.41) is 1.86. The lowest BCUT2D eigenvalue weighted by molar-refractivity contribution is -0.131. The molecule has 5 nitrogen and oxygen atoms in total. The number of hydrogen-bond acceptors (Lipinski definition) is 3. The number of aromatic nitrogens is 1. The summed E-state index contributed by atoms with van der Waals surface area (Å²) >= 11 is 6.37. The number of ether oxygens (including phenoxy) is 1. The van der Waals surface area contributed by atoms with E-state index in [-0.39, 0.29) is 11.8 Å². The van der Waals surface area contributed by atoms with Crippen LogP contribution in [0.2, 0.25) is 5.02 Å². The number of benzene rings is 3. The van der Waals surface area contributed by atoms with Gasteiger partial charge >= 0.3 is 0 Å². The Kier molecular flexibility index (Phi) is 6.69. The van der Waals surface area contributed by atoms with E-state index in [0.717, 1.165) is 41.2 Å². The summed E-state index contributed by atoms with van der Waals surface area (Å²) in [6.07, 6.45) is 2.56. The van der Waals surface area contributed by atoms with Crippen LogP contribution in [0, 0.1) is 0 Å². The van der Waals surface area contributed by atoms with E-state index in [2.05, 4.69) is 53.0 Å². The van der Waals surface area contributed by atoms with Gasteiger partial charge < -0.3 is 19.1 Å². The number of piperazine rings is 1. The third-order valence-electron chi connectivity index (χ3n) is 6.99. The average molecular weight is 488 g/mol. The number of carbonyl (C=O) groups is 1. The van der Waals surface area contributed by atoms with Gasteiger partial charge in [-0.15, -0.1) is 0 Å². The molecule has 1 saturated heterocycles. The molecule has 35 heavy (non-hydrogen) atoms. The number of anilines is 1. The van der Waals surface area contributed by atoms with Crippen LogP contribution in [0.25, 0.3) is 10.9 Å². The van der Waals surface area contributed by atoms with Gasteiger partial charge in [0.25, 0.3) is 0 Å². The molecule has 1 aliphatic heterocycles. The second-order valence-electron chi connectivity index (χ2n) is 9.06. The van der Waals surface area contributed by atoms with Gasteiger partial charge in [-0.3, -0.25) is 4.79 Å². The average Bonchev–Trinajstić information content (AvgIpc) is 3.23. The summed E-state index contributed by atoms with van der Waals surface area (Å²) in [5.41, 5.74) is 4.46.